The highest BCUT2D eigenvalue weighted by Crippen LogP contribution is 2.32. The lowest BCUT2D eigenvalue weighted by Crippen LogP contribution is -2.42. The van der Waals surface area contributed by atoms with Crippen molar-refractivity contribution in [3.8, 4) is 5.75 Å². The standard InChI is InChI=1S/C15H22N2O2.ClH/c1-11-3-2-4-13(9-11)19-8-7-15(18)17-14(10-16)12-5-6-12;/h2-4,9,12,14H,5-8,10,16H2,1H3,(H,17,18);1H. The van der Waals surface area contributed by atoms with Crippen LogP contribution in [0.5, 0.6) is 5.75 Å². The van der Waals surface area contributed by atoms with E-state index in [9.17, 15) is 4.79 Å². The molecule has 0 radical (unpaired) electrons. The largest absolute Gasteiger partial charge is 0.493 e. The predicted molar refractivity (Wildman–Crippen MR) is 82.2 cm³/mol. The van der Waals surface area contributed by atoms with Gasteiger partial charge < -0.3 is 15.8 Å². The van der Waals surface area contributed by atoms with Crippen molar-refractivity contribution in [2.45, 2.75) is 32.2 Å². The Kier molecular flexibility index (Phi) is 6.82. The maximum atomic E-state index is 11.8. The zero-order valence-corrected chi connectivity index (χ0v) is 12.6. The highest BCUT2D eigenvalue weighted by atomic mass is 35.5. The summed E-state index contributed by atoms with van der Waals surface area (Å²) in [6.45, 7) is 2.94. The first-order valence-corrected chi connectivity index (χ1v) is 6.88. The van der Waals surface area contributed by atoms with Crippen molar-refractivity contribution in [3.05, 3.63) is 29.8 Å². The fraction of sp³-hybridized carbons (Fsp3) is 0.533. The number of benzene rings is 1. The molecule has 1 fully saturated rings. The summed E-state index contributed by atoms with van der Waals surface area (Å²) in [5, 5.41) is 2.98. The molecule has 1 aliphatic carbocycles. The van der Waals surface area contributed by atoms with E-state index in [0.717, 1.165) is 11.3 Å². The van der Waals surface area contributed by atoms with Crippen LogP contribution in [0.1, 0.15) is 24.8 Å². The molecule has 112 valence electrons. The molecule has 1 amide bonds. The Bertz CT molecular complexity index is 436. The molecule has 1 aliphatic rings. The van der Waals surface area contributed by atoms with Gasteiger partial charge in [-0.2, -0.15) is 0 Å². The summed E-state index contributed by atoms with van der Waals surface area (Å²) in [7, 11) is 0. The number of aryl methyl sites for hydroxylation is 1. The van der Waals surface area contributed by atoms with E-state index in [4.69, 9.17) is 10.5 Å². The second kappa shape index (κ2) is 8.12. The average molecular weight is 299 g/mol. The lowest BCUT2D eigenvalue weighted by molar-refractivity contribution is -0.122. The van der Waals surface area contributed by atoms with Gasteiger partial charge in [0.15, 0.2) is 0 Å². The minimum atomic E-state index is 0. The SMILES string of the molecule is Cc1cccc(OCCC(=O)NC(CN)C2CC2)c1.Cl. The van der Waals surface area contributed by atoms with Gasteiger partial charge in [0.1, 0.15) is 5.75 Å². The Morgan fingerprint density at radius 2 is 2.25 bits per heavy atom. The molecule has 0 spiro atoms. The molecule has 1 aromatic rings. The van der Waals surface area contributed by atoms with Crippen LogP contribution in [-0.2, 0) is 4.79 Å². The molecule has 1 saturated carbocycles. The number of hydrogen-bond donors (Lipinski definition) is 2. The fourth-order valence-electron chi connectivity index (χ4n) is 2.11. The zero-order valence-electron chi connectivity index (χ0n) is 11.8. The van der Waals surface area contributed by atoms with Gasteiger partial charge in [0.05, 0.1) is 13.0 Å². The highest BCUT2D eigenvalue weighted by molar-refractivity contribution is 5.85. The molecular weight excluding hydrogens is 276 g/mol. The number of ether oxygens (including phenoxy) is 1. The molecule has 4 nitrogen and oxygen atoms in total. The zero-order chi connectivity index (χ0) is 13.7. The molecule has 5 heteroatoms. The topological polar surface area (TPSA) is 64.3 Å². The summed E-state index contributed by atoms with van der Waals surface area (Å²) in [6, 6.07) is 7.97. The number of carbonyl (C=O) groups is 1. The van der Waals surface area contributed by atoms with Crippen LogP contribution in [0.2, 0.25) is 0 Å². The Hall–Kier alpha value is -1.26. The Labute approximate surface area is 126 Å². The van der Waals surface area contributed by atoms with Gasteiger partial charge >= 0.3 is 0 Å². The minimum Gasteiger partial charge on any atom is -0.493 e. The van der Waals surface area contributed by atoms with E-state index in [1.54, 1.807) is 0 Å². The highest BCUT2D eigenvalue weighted by Gasteiger charge is 2.30. The van der Waals surface area contributed by atoms with Crippen molar-refractivity contribution in [1.82, 2.24) is 5.32 Å². The molecule has 0 heterocycles. The lowest BCUT2D eigenvalue weighted by Gasteiger charge is -2.16. The van der Waals surface area contributed by atoms with Crippen molar-refractivity contribution < 1.29 is 9.53 Å². The van der Waals surface area contributed by atoms with Gasteiger partial charge in [-0.15, -0.1) is 12.4 Å². The Morgan fingerprint density at radius 3 is 2.85 bits per heavy atom. The summed E-state index contributed by atoms with van der Waals surface area (Å²) in [6.07, 6.45) is 2.74. The molecule has 20 heavy (non-hydrogen) atoms. The quantitative estimate of drug-likeness (QED) is 0.809. The fourth-order valence-corrected chi connectivity index (χ4v) is 2.11. The van der Waals surface area contributed by atoms with Crippen molar-refractivity contribution in [3.63, 3.8) is 0 Å². The summed E-state index contributed by atoms with van der Waals surface area (Å²) < 4.78 is 5.56. The van der Waals surface area contributed by atoms with Crippen molar-refractivity contribution in [2.24, 2.45) is 11.7 Å². The van der Waals surface area contributed by atoms with Crippen LogP contribution in [0, 0.1) is 12.8 Å². The van der Waals surface area contributed by atoms with Crippen LogP contribution < -0.4 is 15.8 Å². The van der Waals surface area contributed by atoms with E-state index < -0.39 is 0 Å². The molecule has 0 bridgehead atoms. The van der Waals surface area contributed by atoms with E-state index in [0.29, 0.717) is 25.5 Å². The predicted octanol–water partition coefficient (Wildman–Crippen LogP) is 2.04. The number of nitrogens with two attached hydrogens (primary N) is 1. The molecule has 2 rings (SSSR count). The number of hydrogen-bond acceptors (Lipinski definition) is 3. The van der Waals surface area contributed by atoms with Crippen LogP contribution in [0.3, 0.4) is 0 Å². The smallest absolute Gasteiger partial charge is 0.223 e. The third-order valence-corrected chi connectivity index (χ3v) is 3.38. The van der Waals surface area contributed by atoms with E-state index in [1.165, 1.54) is 12.8 Å². The summed E-state index contributed by atoms with van der Waals surface area (Å²) >= 11 is 0. The van der Waals surface area contributed by atoms with Gasteiger partial charge in [-0.1, -0.05) is 12.1 Å². The molecule has 1 atom stereocenters. The summed E-state index contributed by atoms with van der Waals surface area (Å²) in [4.78, 5) is 11.8. The van der Waals surface area contributed by atoms with Crippen LogP contribution in [0.15, 0.2) is 24.3 Å². The Morgan fingerprint density at radius 1 is 1.50 bits per heavy atom. The number of halogens is 1. The third kappa shape index (κ3) is 5.39. The van der Waals surface area contributed by atoms with Gasteiger partial charge in [-0.3, -0.25) is 4.79 Å². The lowest BCUT2D eigenvalue weighted by atomic mass is 10.2. The maximum Gasteiger partial charge on any atom is 0.223 e. The molecule has 1 aromatic carbocycles. The Balaban J connectivity index is 0.00000200. The van der Waals surface area contributed by atoms with Crippen LogP contribution in [0.25, 0.3) is 0 Å². The molecule has 0 saturated heterocycles. The first kappa shape index (κ1) is 16.8. The van der Waals surface area contributed by atoms with Gasteiger partial charge in [-0.25, -0.2) is 0 Å². The number of rotatable bonds is 7. The van der Waals surface area contributed by atoms with Gasteiger partial charge in [0.2, 0.25) is 5.91 Å². The van der Waals surface area contributed by atoms with Gasteiger partial charge in [0, 0.05) is 12.6 Å². The summed E-state index contributed by atoms with van der Waals surface area (Å²) in [5.74, 6) is 1.42. The van der Waals surface area contributed by atoms with Gasteiger partial charge in [-0.05, 0) is 43.4 Å². The third-order valence-electron chi connectivity index (χ3n) is 3.38. The second-order valence-electron chi connectivity index (χ2n) is 5.16. The molecular formula is C15H23ClN2O2. The van der Waals surface area contributed by atoms with Crippen molar-refractivity contribution >= 4 is 18.3 Å². The molecule has 0 aliphatic heterocycles. The first-order chi connectivity index (χ1) is 9.19. The first-order valence-electron chi connectivity index (χ1n) is 6.88. The molecule has 1 unspecified atom stereocenters. The average Bonchev–Trinajstić information content (AvgIpc) is 3.20. The molecule has 0 aromatic heterocycles. The van der Waals surface area contributed by atoms with Crippen molar-refractivity contribution in [1.29, 1.82) is 0 Å². The van der Waals surface area contributed by atoms with Crippen LogP contribution >= 0.6 is 12.4 Å². The monoisotopic (exact) mass is 298 g/mol. The van der Waals surface area contributed by atoms with E-state index in [-0.39, 0.29) is 24.4 Å². The maximum absolute atomic E-state index is 11.8. The number of amides is 1. The van der Waals surface area contributed by atoms with Crippen LogP contribution in [0.4, 0.5) is 0 Å². The van der Waals surface area contributed by atoms with E-state index in [1.807, 2.05) is 31.2 Å². The normalized spacial score (nSPS) is 15.1. The molecule has 3 N–H and O–H groups in total. The van der Waals surface area contributed by atoms with E-state index in [2.05, 4.69) is 5.32 Å². The minimum absolute atomic E-state index is 0. The van der Waals surface area contributed by atoms with Crippen LogP contribution in [-0.4, -0.2) is 25.1 Å². The van der Waals surface area contributed by atoms with Crippen molar-refractivity contribution in [2.75, 3.05) is 13.2 Å². The van der Waals surface area contributed by atoms with E-state index >= 15 is 0 Å². The van der Waals surface area contributed by atoms with Gasteiger partial charge in [0.25, 0.3) is 0 Å². The second-order valence-corrected chi connectivity index (χ2v) is 5.16. The number of carbonyl (C=O) groups excluding carboxylic acids is 1. The summed E-state index contributed by atoms with van der Waals surface area (Å²) in [5.41, 5.74) is 6.80. The number of nitrogens with one attached hydrogen (secondary N) is 1.